The fourth-order valence-electron chi connectivity index (χ4n) is 4.18. The Bertz CT molecular complexity index is 1360. The van der Waals surface area contributed by atoms with Gasteiger partial charge in [-0.25, -0.2) is 9.55 Å². The molecule has 3 aromatic rings. The zero-order valence-corrected chi connectivity index (χ0v) is 23.3. The number of nitrogens with zero attached hydrogens (tertiary/aromatic N) is 4. The number of carbonyl (C=O) groups is 1. The smallest absolute Gasteiger partial charge is 0.459 e. The van der Waals surface area contributed by atoms with E-state index in [9.17, 15) is 18.9 Å². The second kappa shape index (κ2) is 12.4. The van der Waals surface area contributed by atoms with E-state index in [4.69, 9.17) is 24.3 Å². The number of hydrogen-bond acceptors (Lipinski definition) is 12. The maximum Gasteiger partial charge on any atom is 0.459 e. The number of alkyl halides is 1. The van der Waals surface area contributed by atoms with Crippen LogP contribution in [0.15, 0.2) is 36.7 Å². The van der Waals surface area contributed by atoms with Crippen LogP contribution in [0, 0.1) is 5.92 Å². The van der Waals surface area contributed by atoms with E-state index < -0.39 is 63.5 Å². The zero-order valence-electron chi connectivity index (χ0n) is 22.4. The SMILES string of the molecule is CNc1nc(N)nc2c1ncn2[C@@H]1O[C@H](CO[P@](=O)(N[C@H](C)C(=O)OC(C)C)Oc2ccccc2)[C@@H](O)[C@@H]1CF. The van der Waals surface area contributed by atoms with Gasteiger partial charge in [0.25, 0.3) is 0 Å². The number of imidazole rings is 1. The van der Waals surface area contributed by atoms with Gasteiger partial charge in [0.05, 0.1) is 37.7 Å². The maximum atomic E-state index is 14.2. The molecule has 1 saturated heterocycles. The summed E-state index contributed by atoms with van der Waals surface area (Å²) < 4.78 is 51.8. The summed E-state index contributed by atoms with van der Waals surface area (Å²) in [6, 6.07) is 7.13. The molecule has 14 nitrogen and oxygen atoms in total. The highest BCUT2D eigenvalue weighted by Crippen LogP contribution is 2.46. The third-order valence-electron chi connectivity index (χ3n) is 6.06. The number of nitrogen functional groups attached to an aromatic ring is 1. The molecule has 0 aliphatic carbocycles. The third-order valence-corrected chi connectivity index (χ3v) is 7.71. The largest absolute Gasteiger partial charge is 0.462 e. The molecule has 1 fully saturated rings. The summed E-state index contributed by atoms with van der Waals surface area (Å²) in [7, 11) is -2.60. The first kappa shape index (κ1) is 29.6. The van der Waals surface area contributed by atoms with Crippen molar-refractivity contribution in [1.29, 1.82) is 0 Å². The average Bonchev–Trinajstić information content (AvgIpc) is 3.47. The molecule has 40 heavy (non-hydrogen) atoms. The highest BCUT2D eigenvalue weighted by molar-refractivity contribution is 7.52. The first-order valence-corrected chi connectivity index (χ1v) is 14.1. The first-order chi connectivity index (χ1) is 19.0. The molecule has 16 heteroatoms. The standard InChI is InChI=1S/C24H33FN7O7P/c1-13(2)37-23(34)14(3)31-40(35,39-15-8-6-5-7-9-15)36-11-17-19(33)16(10-25)22(38-17)32-12-28-18-20(27-4)29-24(26)30-21(18)32/h5-9,12-14,16-17,19,22,33H,10-11H2,1-4H3,(H,31,35)(H3,26,27,29,30)/t14-,16+,17-,19+,22-,40-/m1/s1. The number of aromatic nitrogens is 4. The van der Waals surface area contributed by atoms with Crippen LogP contribution in [0.5, 0.6) is 5.75 Å². The van der Waals surface area contributed by atoms with Gasteiger partial charge in [0.1, 0.15) is 24.1 Å². The van der Waals surface area contributed by atoms with Gasteiger partial charge >= 0.3 is 13.7 Å². The Hall–Kier alpha value is -3.36. The molecule has 218 valence electrons. The summed E-state index contributed by atoms with van der Waals surface area (Å²) in [5, 5.41) is 16.4. The van der Waals surface area contributed by atoms with Gasteiger partial charge in [-0.3, -0.25) is 18.3 Å². The fraction of sp³-hybridized carbons (Fsp3) is 0.500. The molecule has 0 saturated carbocycles. The lowest BCUT2D eigenvalue weighted by Gasteiger charge is -2.25. The van der Waals surface area contributed by atoms with E-state index in [-0.39, 0.29) is 17.3 Å². The molecule has 0 amide bonds. The van der Waals surface area contributed by atoms with Gasteiger partial charge in [-0.1, -0.05) is 18.2 Å². The van der Waals surface area contributed by atoms with Gasteiger partial charge < -0.3 is 30.2 Å². The number of nitrogens with two attached hydrogens (primary N) is 1. The van der Waals surface area contributed by atoms with Gasteiger partial charge in [-0.2, -0.15) is 15.1 Å². The second-order valence-electron chi connectivity index (χ2n) is 9.41. The second-order valence-corrected chi connectivity index (χ2v) is 11.1. The molecule has 1 aromatic carbocycles. The van der Waals surface area contributed by atoms with Gasteiger partial charge in [0, 0.05) is 7.05 Å². The molecule has 1 aliphatic rings. The minimum atomic E-state index is -4.24. The average molecular weight is 582 g/mol. The molecule has 1 aliphatic heterocycles. The molecular weight excluding hydrogens is 548 g/mol. The van der Waals surface area contributed by atoms with Crippen LogP contribution in [0.2, 0.25) is 0 Å². The van der Waals surface area contributed by atoms with Crippen molar-refractivity contribution in [2.24, 2.45) is 5.92 Å². The van der Waals surface area contributed by atoms with Crippen LogP contribution in [0.1, 0.15) is 27.0 Å². The van der Waals surface area contributed by atoms with Crippen LogP contribution in [-0.4, -0.2) is 75.3 Å². The Balaban J connectivity index is 1.55. The van der Waals surface area contributed by atoms with E-state index >= 15 is 0 Å². The number of anilines is 2. The number of aliphatic hydroxyl groups excluding tert-OH is 1. The van der Waals surface area contributed by atoms with Crippen molar-refractivity contribution in [3.63, 3.8) is 0 Å². The molecule has 6 atom stereocenters. The predicted octanol–water partition coefficient (Wildman–Crippen LogP) is 2.43. The van der Waals surface area contributed by atoms with E-state index in [0.717, 1.165) is 0 Å². The molecule has 0 unspecified atom stereocenters. The van der Waals surface area contributed by atoms with E-state index in [0.29, 0.717) is 11.3 Å². The minimum absolute atomic E-state index is 0.0379. The van der Waals surface area contributed by atoms with Crippen molar-refractivity contribution >= 4 is 36.6 Å². The summed E-state index contributed by atoms with van der Waals surface area (Å²) in [4.78, 5) is 24.9. The van der Waals surface area contributed by atoms with E-state index in [1.54, 1.807) is 51.2 Å². The lowest BCUT2D eigenvalue weighted by atomic mass is 10.0. The summed E-state index contributed by atoms with van der Waals surface area (Å²) in [6.45, 7) is 3.39. The number of halogens is 1. The van der Waals surface area contributed by atoms with Crippen LogP contribution >= 0.6 is 7.75 Å². The fourth-order valence-corrected chi connectivity index (χ4v) is 5.68. The molecule has 4 rings (SSSR count). The quantitative estimate of drug-likeness (QED) is 0.181. The van der Waals surface area contributed by atoms with Crippen molar-refractivity contribution < 1.29 is 37.4 Å². The van der Waals surface area contributed by atoms with Crippen molar-refractivity contribution in [2.75, 3.05) is 31.4 Å². The number of para-hydroxylation sites is 1. The Morgan fingerprint density at radius 1 is 1.27 bits per heavy atom. The predicted molar refractivity (Wildman–Crippen MR) is 143 cm³/mol. The van der Waals surface area contributed by atoms with Crippen LogP contribution in [-0.2, 0) is 23.4 Å². The Morgan fingerprint density at radius 3 is 2.65 bits per heavy atom. The molecule has 0 spiro atoms. The van der Waals surface area contributed by atoms with Crippen molar-refractivity contribution in [3.05, 3.63) is 36.7 Å². The van der Waals surface area contributed by atoms with Crippen LogP contribution < -0.4 is 20.7 Å². The van der Waals surface area contributed by atoms with Gasteiger partial charge in [0.15, 0.2) is 17.0 Å². The number of carbonyl (C=O) groups excluding carboxylic acids is 1. The lowest BCUT2D eigenvalue weighted by Crippen LogP contribution is -2.37. The van der Waals surface area contributed by atoms with E-state index in [1.807, 2.05) is 0 Å². The number of rotatable bonds is 12. The number of benzene rings is 1. The minimum Gasteiger partial charge on any atom is -0.462 e. The summed E-state index contributed by atoms with van der Waals surface area (Å²) in [5.74, 6) is -1.17. The van der Waals surface area contributed by atoms with Gasteiger partial charge in [-0.15, -0.1) is 0 Å². The van der Waals surface area contributed by atoms with Crippen molar-refractivity contribution in [2.45, 2.75) is 51.4 Å². The Labute approximate surface area is 230 Å². The zero-order chi connectivity index (χ0) is 29.0. The molecule has 2 aromatic heterocycles. The number of nitrogens with one attached hydrogen (secondary N) is 2. The topological polar surface area (TPSA) is 185 Å². The third kappa shape index (κ3) is 6.50. The summed E-state index contributed by atoms with van der Waals surface area (Å²) in [6.07, 6.45) is -2.54. The number of esters is 1. The van der Waals surface area contributed by atoms with Gasteiger partial charge in [-0.05, 0) is 32.9 Å². The number of hydrogen-bond donors (Lipinski definition) is 4. The highest BCUT2D eigenvalue weighted by Gasteiger charge is 2.47. The normalized spacial score (nSPS) is 23.2. The summed E-state index contributed by atoms with van der Waals surface area (Å²) >= 11 is 0. The maximum absolute atomic E-state index is 14.2. The summed E-state index contributed by atoms with van der Waals surface area (Å²) in [5.41, 5.74) is 6.47. The number of ether oxygens (including phenoxy) is 2. The van der Waals surface area contributed by atoms with E-state index in [1.165, 1.54) is 17.8 Å². The Morgan fingerprint density at radius 2 is 2.00 bits per heavy atom. The molecule has 5 N–H and O–H groups in total. The van der Waals surface area contributed by atoms with Crippen LogP contribution in [0.4, 0.5) is 16.2 Å². The monoisotopic (exact) mass is 581 g/mol. The highest BCUT2D eigenvalue weighted by atomic mass is 31.2. The molecule has 0 radical (unpaired) electrons. The molecular formula is C24H33FN7O7P. The van der Waals surface area contributed by atoms with Gasteiger partial charge in [0.2, 0.25) is 5.95 Å². The molecule has 3 heterocycles. The van der Waals surface area contributed by atoms with Crippen LogP contribution in [0.25, 0.3) is 11.2 Å². The number of aliphatic hydroxyl groups is 1. The van der Waals surface area contributed by atoms with Crippen molar-refractivity contribution in [3.8, 4) is 5.75 Å². The first-order valence-electron chi connectivity index (χ1n) is 12.6. The molecule has 0 bridgehead atoms. The van der Waals surface area contributed by atoms with Crippen molar-refractivity contribution in [1.82, 2.24) is 24.6 Å². The number of fused-ring (bicyclic) bond motifs is 1. The van der Waals surface area contributed by atoms with E-state index in [2.05, 4.69) is 25.4 Å². The van der Waals surface area contributed by atoms with Crippen LogP contribution in [0.3, 0.4) is 0 Å². The lowest BCUT2D eigenvalue weighted by molar-refractivity contribution is -0.149. The Kier molecular flexibility index (Phi) is 9.21.